The Balaban J connectivity index is 1.76. The first kappa shape index (κ1) is 17.5. The second kappa shape index (κ2) is 7.39. The molecule has 0 atom stereocenters. The van der Waals surface area contributed by atoms with Gasteiger partial charge in [-0.1, -0.05) is 31.2 Å². The van der Waals surface area contributed by atoms with Gasteiger partial charge in [0, 0.05) is 11.8 Å². The standard InChI is InChI=1S/C21H25N5O/c1-16-11-13-21(14-12-16,22-17-7-4-3-5-8-17)20-23-24-25-26(20)18-9-6-10-19(15-18)27-2/h3-10,15-16,22H,11-14H2,1-2H3. The Morgan fingerprint density at radius 3 is 2.59 bits per heavy atom. The molecule has 140 valence electrons. The summed E-state index contributed by atoms with van der Waals surface area (Å²) in [6.07, 6.45) is 4.27. The SMILES string of the molecule is COc1cccc(-n2nnnc2C2(Nc3ccccc3)CCC(C)CC2)c1. The second-order valence-electron chi connectivity index (χ2n) is 7.37. The summed E-state index contributed by atoms with van der Waals surface area (Å²) in [5, 5.41) is 16.5. The molecule has 1 heterocycles. The van der Waals surface area contributed by atoms with E-state index in [-0.39, 0.29) is 5.54 Å². The van der Waals surface area contributed by atoms with Gasteiger partial charge in [-0.15, -0.1) is 5.10 Å². The van der Waals surface area contributed by atoms with Crippen LogP contribution in [0.25, 0.3) is 5.69 Å². The van der Waals surface area contributed by atoms with Gasteiger partial charge in [-0.25, -0.2) is 0 Å². The molecule has 0 saturated heterocycles. The highest BCUT2D eigenvalue weighted by Crippen LogP contribution is 2.41. The van der Waals surface area contributed by atoms with Gasteiger partial charge < -0.3 is 10.1 Å². The molecule has 1 fully saturated rings. The topological polar surface area (TPSA) is 64.9 Å². The molecule has 6 heteroatoms. The molecule has 2 aromatic carbocycles. The lowest BCUT2D eigenvalue weighted by Crippen LogP contribution is -2.41. The van der Waals surface area contributed by atoms with Gasteiger partial charge in [0.15, 0.2) is 5.82 Å². The Labute approximate surface area is 159 Å². The molecule has 0 radical (unpaired) electrons. The number of nitrogens with one attached hydrogen (secondary N) is 1. The molecule has 1 aliphatic rings. The third-order valence-electron chi connectivity index (χ3n) is 5.48. The van der Waals surface area contributed by atoms with Crippen molar-refractivity contribution in [2.75, 3.05) is 12.4 Å². The molecule has 1 saturated carbocycles. The fourth-order valence-electron chi connectivity index (χ4n) is 3.86. The molecule has 1 aliphatic carbocycles. The van der Waals surface area contributed by atoms with Crippen molar-refractivity contribution in [1.82, 2.24) is 20.2 Å². The zero-order valence-corrected chi connectivity index (χ0v) is 15.8. The minimum Gasteiger partial charge on any atom is -0.497 e. The van der Waals surface area contributed by atoms with Crippen molar-refractivity contribution in [2.45, 2.75) is 38.1 Å². The van der Waals surface area contributed by atoms with Gasteiger partial charge in [0.05, 0.1) is 18.3 Å². The molecule has 0 aliphatic heterocycles. The van der Waals surface area contributed by atoms with E-state index in [1.165, 1.54) is 0 Å². The van der Waals surface area contributed by atoms with Crippen molar-refractivity contribution in [3.8, 4) is 11.4 Å². The first-order valence-corrected chi connectivity index (χ1v) is 9.47. The van der Waals surface area contributed by atoms with Crippen LogP contribution >= 0.6 is 0 Å². The quantitative estimate of drug-likeness (QED) is 0.736. The first-order chi connectivity index (χ1) is 13.2. The van der Waals surface area contributed by atoms with E-state index in [1.807, 2.05) is 47.1 Å². The first-order valence-electron chi connectivity index (χ1n) is 9.47. The van der Waals surface area contributed by atoms with Crippen molar-refractivity contribution in [1.29, 1.82) is 0 Å². The monoisotopic (exact) mass is 363 g/mol. The highest BCUT2D eigenvalue weighted by atomic mass is 16.5. The number of rotatable bonds is 5. The summed E-state index contributed by atoms with van der Waals surface area (Å²) < 4.78 is 7.22. The lowest BCUT2D eigenvalue weighted by atomic mass is 9.76. The third kappa shape index (κ3) is 3.52. The average molecular weight is 363 g/mol. The predicted octanol–water partition coefficient (Wildman–Crippen LogP) is 4.19. The van der Waals surface area contributed by atoms with Crippen molar-refractivity contribution >= 4 is 5.69 Å². The van der Waals surface area contributed by atoms with Crippen molar-refractivity contribution in [3.05, 3.63) is 60.4 Å². The van der Waals surface area contributed by atoms with E-state index in [0.717, 1.165) is 54.5 Å². The van der Waals surface area contributed by atoms with E-state index in [4.69, 9.17) is 4.74 Å². The number of hydrogen-bond donors (Lipinski definition) is 1. The highest BCUT2D eigenvalue weighted by molar-refractivity contribution is 5.47. The molecule has 4 rings (SSSR count). The molecule has 0 bridgehead atoms. The van der Waals surface area contributed by atoms with E-state index in [2.05, 4.69) is 39.9 Å². The normalized spacial score (nSPS) is 22.4. The molecule has 0 unspecified atom stereocenters. The zero-order valence-electron chi connectivity index (χ0n) is 15.8. The number of tetrazole rings is 1. The Morgan fingerprint density at radius 1 is 1.07 bits per heavy atom. The summed E-state index contributed by atoms with van der Waals surface area (Å²) in [7, 11) is 1.67. The molecule has 1 N–H and O–H groups in total. The Morgan fingerprint density at radius 2 is 1.85 bits per heavy atom. The lowest BCUT2D eigenvalue weighted by molar-refractivity contribution is 0.255. The van der Waals surface area contributed by atoms with Gasteiger partial charge in [-0.05, 0) is 66.3 Å². The molecule has 0 spiro atoms. The average Bonchev–Trinajstić information content (AvgIpc) is 3.21. The fourth-order valence-corrected chi connectivity index (χ4v) is 3.86. The van der Waals surface area contributed by atoms with Gasteiger partial charge in [0.1, 0.15) is 5.75 Å². The van der Waals surface area contributed by atoms with Crippen molar-refractivity contribution in [2.24, 2.45) is 5.92 Å². The molecule has 27 heavy (non-hydrogen) atoms. The van der Waals surface area contributed by atoms with E-state index in [1.54, 1.807) is 7.11 Å². The van der Waals surface area contributed by atoms with E-state index >= 15 is 0 Å². The number of anilines is 1. The Hall–Kier alpha value is -2.89. The number of nitrogens with zero attached hydrogens (tertiary/aromatic N) is 4. The third-order valence-corrected chi connectivity index (χ3v) is 5.48. The van der Waals surface area contributed by atoms with Crippen LogP contribution in [0.2, 0.25) is 0 Å². The van der Waals surface area contributed by atoms with Crippen LogP contribution in [0, 0.1) is 5.92 Å². The number of benzene rings is 2. The minimum absolute atomic E-state index is 0.291. The van der Waals surface area contributed by atoms with Crippen LogP contribution in [0.15, 0.2) is 54.6 Å². The maximum absolute atomic E-state index is 5.38. The van der Waals surface area contributed by atoms with E-state index in [9.17, 15) is 0 Å². The fraction of sp³-hybridized carbons (Fsp3) is 0.381. The summed E-state index contributed by atoms with van der Waals surface area (Å²) in [5.41, 5.74) is 1.70. The van der Waals surface area contributed by atoms with Crippen LogP contribution in [0.3, 0.4) is 0 Å². The number of methoxy groups -OCH3 is 1. The Bertz CT molecular complexity index is 884. The summed E-state index contributed by atoms with van der Waals surface area (Å²) in [5.74, 6) is 2.36. The van der Waals surface area contributed by atoms with Crippen LogP contribution < -0.4 is 10.1 Å². The van der Waals surface area contributed by atoms with Gasteiger partial charge in [-0.3, -0.25) is 0 Å². The summed E-state index contributed by atoms with van der Waals surface area (Å²) in [4.78, 5) is 0. The largest absolute Gasteiger partial charge is 0.497 e. The maximum Gasteiger partial charge on any atom is 0.181 e. The summed E-state index contributed by atoms with van der Waals surface area (Å²) in [6, 6.07) is 18.2. The van der Waals surface area contributed by atoms with Crippen LogP contribution in [-0.2, 0) is 5.54 Å². The van der Waals surface area contributed by atoms with Gasteiger partial charge in [0.25, 0.3) is 0 Å². The number of ether oxygens (including phenoxy) is 1. The van der Waals surface area contributed by atoms with Crippen LogP contribution in [0.4, 0.5) is 5.69 Å². The zero-order chi connectivity index (χ0) is 18.7. The van der Waals surface area contributed by atoms with E-state index in [0.29, 0.717) is 0 Å². The molecule has 1 aromatic heterocycles. The lowest BCUT2D eigenvalue weighted by Gasteiger charge is -2.39. The second-order valence-corrected chi connectivity index (χ2v) is 7.37. The van der Waals surface area contributed by atoms with Crippen molar-refractivity contribution < 1.29 is 4.74 Å². The van der Waals surface area contributed by atoms with Gasteiger partial charge in [-0.2, -0.15) is 4.68 Å². The molecule has 0 amide bonds. The van der Waals surface area contributed by atoms with Gasteiger partial charge >= 0.3 is 0 Å². The summed E-state index contributed by atoms with van der Waals surface area (Å²) >= 11 is 0. The van der Waals surface area contributed by atoms with E-state index < -0.39 is 0 Å². The maximum atomic E-state index is 5.38. The van der Waals surface area contributed by atoms with Crippen molar-refractivity contribution in [3.63, 3.8) is 0 Å². The molecule has 3 aromatic rings. The molecular formula is C21H25N5O. The van der Waals surface area contributed by atoms with Crippen LogP contribution in [0.1, 0.15) is 38.4 Å². The number of aromatic nitrogens is 4. The molecular weight excluding hydrogens is 338 g/mol. The van der Waals surface area contributed by atoms with Crippen LogP contribution in [0.5, 0.6) is 5.75 Å². The smallest absolute Gasteiger partial charge is 0.181 e. The number of hydrogen-bond acceptors (Lipinski definition) is 5. The highest BCUT2D eigenvalue weighted by Gasteiger charge is 2.40. The van der Waals surface area contributed by atoms with Crippen LogP contribution in [-0.4, -0.2) is 27.3 Å². The predicted molar refractivity (Wildman–Crippen MR) is 105 cm³/mol. The summed E-state index contributed by atoms with van der Waals surface area (Å²) in [6.45, 7) is 2.32. The minimum atomic E-state index is -0.291. The number of para-hydroxylation sites is 1. The molecule has 6 nitrogen and oxygen atoms in total. The van der Waals surface area contributed by atoms with Gasteiger partial charge in [0.2, 0.25) is 0 Å². The Kier molecular flexibility index (Phi) is 4.79.